The fourth-order valence-electron chi connectivity index (χ4n) is 2.85. The molecule has 26 heavy (non-hydrogen) atoms. The summed E-state index contributed by atoms with van der Waals surface area (Å²) in [4.78, 5) is 29.0. The van der Waals surface area contributed by atoms with Gasteiger partial charge < -0.3 is 9.84 Å². The molecule has 0 unspecified atom stereocenters. The summed E-state index contributed by atoms with van der Waals surface area (Å²) in [6.07, 6.45) is 4.81. The van der Waals surface area contributed by atoms with Crippen LogP contribution in [0.15, 0.2) is 41.6 Å². The number of rotatable bonds is 5. The summed E-state index contributed by atoms with van der Waals surface area (Å²) < 4.78 is 7.83. The molecule has 3 rings (SSSR count). The maximum Gasteiger partial charge on any atom is 0.306 e. The molecule has 1 N–H and O–H groups in total. The second-order valence-electron chi connectivity index (χ2n) is 6.26. The monoisotopic (exact) mass is 356 g/mol. The third-order valence-corrected chi connectivity index (χ3v) is 4.25. The maximum atomic E-state index is 13.0. The van der Waals surface area contributed by atoms with Crippen molar-refractivity contribution in [3.8, 4) is 5.88 Å². The number of hydrogen-bond donors (Lipinski definition) is 1. The Balaban J connectivity index is 2.19. The van der Waals surface area contributed by atoms with Crippen molar-refractivity contribution in [2.75, 3.05) is 7.11 Å². The fourth-order valence-corrected chi connectivity index (χ4v) is 2.85. The van der Waals surface area contributed by atoms with Crippen LogP contribution in [0, 0.1) is 0 Å². The van der Waals surface area contributed by atoms with Crippen LogP contribution in [0.3, 0.4) is 0 Å². The average molecular weight is 356 g/mol. The van der Waals surface area contributed by atoms with E-state index in [-0.39, 0.29) is 18.0 Å². The van der Waals surface area contributed by atoms with Gasteiger partial charge in [0.2, 0.25) is 5.88 Å². The third kappa shape index (κ3) is 3.17. The second kappa shape index (κ2) is 6.99. The van der Waals surface area contributed by atoms with Crippen LogP contribution in [0.4, 0.5) is 0 Å². The molecule has 0 radical (unpaired) electrons. The summed E-state index contributed by atoms with van der Waals surface area (Å²) in [7, 11) is 1.28. The number of fused-ring (bicyclic) bond motifs is 1. The number of methoxy groups -OCH3 is 1. The summed E-state index contributed by atoms with van der Waals surface area (Å²) in [5.41, 5.74) is 0.573. The van der Waals surface area contributed by atoms with Gasteiger partial charge in [-0.15, -0.1) is 0 Å². The topological polar surface area (TPSA) is 98.7 Å². The highest BCUT2D eigenvalue weighted by Gasteiger charge is 2.28. The Morgan fingerprint density at radius 1 is 1.35 bits per heavy atom. The zero-order chi connectivity index (χ0) is 18.8. The molecule has 8 heteroatoms. The molecule has 0 aliphatic carbocycles. The van der Waals surface area contributed by atoms with Gasteiger partial charge in [0.25, 0.3) is 5.56 Å². The van der Waals surface area contributed by atoms with E-state index < -0.39 is 23.3 Å². The lowest BCUT2D eigenvalue weighted by Crippen LogP contribution is -2.24. The number of carbonyl (C=O) groups excluding carboxylic acids is 1. The van der Waals surface area contributed by atoms with Gasteiger partial charge >= 0.3 is 5.97 Å². The minimum absolute atomic E-state index is 0.0439. The zero-order valence-corrected chi connectivity index (χ0v) is 14.8. The molecule has 0 aliphatic rings. The lowest BCUT2D eigenvalue weighted by atomic mass is 9.91. The van der Waals surface area contributed by atoms with Gasteiger partial charge in [-0.2, -0.15) is 10.1 Å². The first-order valence-electron chi connectivity index (χ1n) is 8.23. The van der Waals surface area contributed by atoms with Crippen molar-refractivity contribution in [1.82, 2.24) is 19.2 Å². The van der Waals surface area contributed by atoms with E-state index in [0.717, 1.165) is 0 Å². The van der Waals surface area contributed by atoms with Gasteiger partial charge in [-0.1, -0.05) is 6.07 Å². The summed E-state index contributed by atoms with van der Waals surface area (Å²) in [5, 5.41) is 14.7. The van der Waals surface area contributed by atoms with E-state index in [2.05, 4.69) is 10.1 Å². The molecule has 136 valence electrons. The highest BCUT2D eigenvalue weighted by molar-refractivity contribution is 5.71. The van der Waals surface area contributed by atoms with Gasteiger partial charge in [0, 0.05) is 24.4 Å². The fraction of sp³-hybridized carbons (Fsp3) is 0.333. The van der Waals surface area contributed by atoms with Crippen molar-refractivity contribution < 1.29 is 14.6 Å². The van der Waals surface area contributed by atoms with E-state index in [1.807, 2.05) is 13.8 Å². The minimum Gasteiger partial charge on any atom is -0.493 e. The number of carbonyl (C=O) groups is 1. The van der Waals surface area contributed by atoms with Crippen LogP contribution in [0.1, 0.15) is 43.4 Å². The molecule has 1 atom stereocenters. The molecule has 3 aromatic heterocycles. The Bertz CT molecular complexity index is 1010. The molecular weight excluding hydrogens is 336 g/mol. The van der Waals surface area contributed by atoms with E-state index >= 15 is 0 Å². The molecule has 0 spiro atoms. The molecule has 0 aliphatic heterocycles. The Morgan fingerprint density at radius 3 is 2.77 bits per heavy atom. The largest absolute Gasteiger partial charge is 0.493 e. The Labute approximate surface area is 149 Å². The minimum atomic E-state index is -0.716. The molecule has 8 nitrogen and oxygen atoms in total. The molecule has 0 saturated carbocycles. The van der Waals surface area contributed by atoms with E-state index in [4.69, 9.17) is 4.74 Å². The highest BCUT2D eigenvalue weighted by atomic mass is 16.5. The van der Waals surface area contributed by atoms with Crippen LogP contribution in [-0.2, 0) is 9.53 Å². The van der Waals surface area contributed by atoms with Crippen molar-refractivity contribution in [1.29, 1.82) is 0 Å². The molecule has 3 aromatic rings. The number of aromatic hydroxyl groups is 1. The Kier molecular flexibility index (Phi) is 4.75. The number of hydrogen-bond acceptors (Lipinski definition) is 6. The first-order valence-corrected chi connectivity index (χ1v) is 8.23. The van der Waals surface area contributed by atoms with Crippen molar-refractivity contribution >= 4 is 11.6 Å². The molecule has 0 bridgehead atoms. The van der Waals surface area contributed by atoms with Crippen LogP contribution in [-0.4, -0.2) is 37.4 Å². The third-order valence-electron chi connectivity index (χ3n) is 4.25. The van der Waals surface area contributed by atoms with Crippen LogP contribution < -0.4 is 5.56 Å². The van der Waals surface area contributed by atoms with E-state index in [1.54, 1.807) is 41.5 Å². The first-order chi connectivity index (χ1) is 12.4. The maximum absolute atomic E-state index is 13.0. The van der Waals surface area contributed by atoms with Gasteiger partial charge in [-0.3, -0.25) is 18.7 Å². The number of ether oxygens (including phenoxy) is 1. The van der Waals surface area contributed by atoms with Crippen LogP contribution in [0.25, 0.3) is 5.65 Å². The predicted octanol–water partition coefficient (Wildman–Crippen LogP) is 1.87. The number of esters is 1. The smallest absolute Gasteiger partial charge is 0.306 e. The lowest BCUT2D eigenvalue weighted by Gasteiger charge is -2.16. The SMILES string of the molecule is COC(=O)C[C@H](c1cnn(C(C)C)c1)c1c(O)nc2ccccn2c1=O. The summed E-state index contributed by atoms with van der Waals surface area (Å²) in [6.45, 7) is 3.94. The quantitative estimate of drug-likeness (QED) is 0.701. The number of pyridine rings is 1. The van der Waals surface area contributed by atoms with Crippen LogP contribution >= 0.6 is 0 Å². The number of nitrogens with zero attached hydrogens (tertiary/aromatic N) is 4. The zero-order valence-electron chi connectivity index (χ0n) is 14.8. The molecule has 0 fully saturated rings. The van der Waals surface area contributed by atoms with Gasteiger partial charge in [-0.05, 0) is 31.5 Å². The predicted molar refractivity (Wildman–Crippen MR) is 94.2 cm³/mol. The van der Waals surface area contributed by atoms with Gasteiger partial charge in [0.15, 0.2) is 0 Å². The summed E-state index contributed by atoms with van der Waals surface area (Å²) in [5.74, 6) is -1.61. The Morgan fingerprint density at radius 2 is 2.12 bits per heavy atom. The molecule has 3 heterocycles. The van der Waals surface area contributed by atoms with E-state index in [1.165, 1.54) is 11.5 Å². The molecule has 0 amide bonds. The van der Waals surface area contributed by atoms with Crippen LogP contribution in [0.5, 0.6) is 5.88 Å². The van der Waals surface area contributed by atoms with E-state index in [0.29, 0.717) is 11.2 Å². The average Bonchev–Trinajstić information content (AvgIpc) is 3.11. The molecule has 0 saturated heterocycles. The van der Waals surface area contributed by atoms with E-state index in [9.17, 15) is 14.7 Å². The van der Waals surface area contributed by atoms with Crippen molar-refractivity contribution in [2.45, 2.75) is 32.2 Å². The summed E-state index contributed by atoms with van der Waals surface area (Å²) in [6, 6.07) is 5.16. The van der Waals surface area contributed by atoms with Gasteiger partial charge in [0.1, 0.15) is 5.65 Å². The van der Waals surface area contributed by atoms with Gasteiger partial charge in [-0.25, -0.2) is 0 Å². The Hall–Kier alpha value is -3.16. The normalized spacial score (nSPS) is 12.5. The standard InChI is InChI=1S/C18H20N4O4/c1-11(2)22-10-12(9-19-22)13(8-15(23)26-3)16-17(24)20-14-6-4-5-7-21(14)18(16)25/h4-7,9-11,13,24H,8H2,1-3H3/t13-/m1/s1. The lowest BCUT2D eigenvalue weighted by molar-refractivity contribution is -0.140. The van der Waals surface area contributed by atoms with Crippen molar-refractivity contribution in [3.05, 3.63) is 58.3 Å². The van der Waals surface area contributed by atoms with Gasteiger partial charge in [0.05, 0.1) is 25.3 Å². The summed E-state index contributed by atoms with van der Waals surface area (Å²) >= 11 is 0. The number of aromatic nitrogens is 4. The van der Waals surface area contributed by atoms with Crippen LogP contribution in [0.2, 0.25) is 0 Å². The molecule has 0 aromatic carbocycles. The van der Waals surface area contributed by atoms with Crippen molar-refractivity contribution in [2.24, 2.45) is 0 Å². The van der Waals surface area contributed by atoms with Crippen molar-refractivity contribution in [3.63, 3.8) is 0 Å². The highest BCUT2D eigenvalue weighted by Crippen LogP contribution is 2.31. The first kappa shape index (κ1) is 17.7. The molecular formula is C18H20N4O4. The second-order valence-corrected chi connectivity index (χ2v) is 6.26.